The fraction of sp³-hybridized carbons (Fsp3) is 0.167. The third-order valence-corrected chi connectivity index (χ3v) is 1.20. The molecule has 0 fully saturated rings. The van der Waals surface area contributed by atoms with E-state index in [-0.39, 0.29) is 6.54 Å². The maximum absolute atomic E-state index is 10.3. The molecule has 0 saturated carbocycles. The van der Waals surface area contributed by atoms with Gasteiger partial charge in [0.25, 0.3) is 0 Å². The van der Waals surface area contributed by atoms with E-state index in [9.17, 15) is 4.79 Å². The summed E-state index contributed by atoms with van der Waals surface area (Å²) in [6, 6.07) is 0. The largest absolute Gasteiger partial charge is 0.478 e. The minimum Gasteiger partial charge on any atom is -0.478 e. The maximum atomic E-state index is 10.3. The number of hydrazine groups is 1. The second-order valence-electron chi connectivity index (χ2n) is 2.01. The number of hydrogen-bond acceptors (Lipinski definition) is 3. The number of carbonyl (C=O) groups is 1. The minimum absolute atomic E-state index is 0.270. The molecule has 4 heteroatoms. The first-order valence-corrected chi connectivity index (χ1v) is 2.82. The van der Waals surface area contributed by atoms with E-state index >= 15 is 0 Å². The van der Waals surface area contributed by atoms with E-state index in [0.29, 0.717) is 5.57 Å². The van der Waals surface area contributed by atoms with E-state index in [1.165, 1.54) is 11.1 Å². The summed E-state index contributed by atoms with van der Waals surface area (Å²) in [6.07, 6.45) is 4.76. The predicted octanol–water partition coefficient (Wildman–Crippen LogP) is -0.300. The first kappa shape index (κ1) is 6.82. The van der Waals surface area contributed by atoms with Crippen LogP contribution in [0.1, 0.15) is 0 Å². The Labute approximate surface area is 58.2 Å². The van der Waals surface area contributed by atoms with Gasteiger partial charge in [0, 0.05) is 6.20 Å². The highest BCUT2D eigenvalue weighted by Crippen LogP contribution is 2.02. The molecule has 0 aromatic rings. The molecular weight excluding hydrogens is 132 g/mol. The second-order valence-corrected chi connectivity index (χ2v) is 2.01. The Balaban J connectivity index is 2.71. The van der Waals surface area contributed by atoms with Crippen LogP contribution < -0.4 is 5.84 Å². The molecule has 54 valence electrons. The van der Waals surface area contributed by atoms with E-state index in [1.807, 2.05) is 0 Å². The Kier molecular flexibility index (Phi) is 1.73. The maximum Gasteiger partial charge on any atom is 0.333 e. The number of nitrogens with zero attached hydrogens (tertiary/aromatic N) is 1. The molecule has 1 rings (SSSR count). The molecule has 0 amide bonds. The van der Waals surface area contributed by atoms with Crippen molar-refractivity contribution in [2.75, 3.05) is 6.54 Å². The predicted molar refractivity (Wildman–Crippen MR) is 35.8 cm³/mol. The first-order valence-electron chi connectivity index (χ1n) is 2.82. The van der Waals surface area contributed by atoms with Crippen LogP contribution in [0.5, 0.6) is 0 Å². The summed E-state index contributed by atoms with van der Waals surface area (Å²) in [5, 5.41) is 9.79. The van der Waals surface area contributed by atoms with Crippen molar-refractivity contribution in [3.63, 3.8) is 0 Å². The van der Waals surface area contributed by atoms with E-state index in [4.69, 9.17) is 10.9 Å². The summed E-state index contributed by atoms with van der Waals surface area (Å²) in [7, 11) is 0. The number of aliphatic carboxylic acids is 1. The SMILES string of the molecule is NN1C=CC=C(C(=O)O)C1. The molecule has 1 aliphatic heterocycles. The lowest BCUT2D eigenvalue weighted by atomic mass is 10.2. The number of carboxylic acid groups (broad SMARTS) is 1. The van der Waals surface area contributed by atoms with Crippen LogP contribution in [-0.4, -0.2) is 22.6 Å². The molecule has 0 atom stereocenters. The molecular formula is C6H8N2O2. The second kappa shape index (κ2) is 2.53. The number of nitrogens with two attached hydrogens (primary N) is 1. The molecule has 0 radical (unpaired) electrons. The standard InChI is InChI=1S/C6H8N2O2/c7-8-3-1-2-5(4-8)6(9)10/h1-3H,4,7H2,(H,9,10). The third kappa shape index (κ3) is 1.35. The van der Waals surface area contributed by atoms with Gasteiger partial charge in [0.1, 0.15) is 0 Å². The minimum atomic E-state index is -0.917. The Bertz CT molecular complexity index is 208. The van der Waals surface area contributed by atoms with Gasteiger partial charge in [-0.2, -0.15) is 0 Å². The first-order chi connectivity index (χ1) is 4.70. The zero-order valence-corrected chi connectivity index (χ0v) is 5.32. The van der Waals surface area contributed by atoms with Gasteiger partial charge in [-0.3, -0.25) is 0 Å². The fourth-order valence-electron chi connectivity index (χ4n) is 0.711. The highest BCUT2D eigenvalue weighted by molar-refractivity contribution is 5.87. The monoisotopic (exact) mass is 140 g/mol. The van der Waals surface area contributed by atoms with Crippen molar-refractivity contribution in [1.29, 1.82) is 0 Å². The molecule has 1 aliphatic rings. The van der Waals surface area contributed by atoms with Gasteiger partial charge in [-0.05, 0) is 12.2 Å². The number of allylic oxidation sites excluding steroid dienone is 2. The highest BCUT2D eigenvalue weighted by Gasteiger charge is 2.09. The topological polar surface area (TPSA) is 66.6 Å². The van der Waals surface area contributed by atoms with E-state index < -0.39 is 5.97 Å². The molecule has 0 bridgehead atoms. The van der Waals surface area contributed by atoms with Crippen molar-refractivity contribution < 1.29 is 9.90 Å². The van der Waals surface area contributed by atoms with Crippen LogP contribution >= 0.6 is 0 Å². The van der Waals surface area contributed by atoms with Crippen LogP contribution in [0.15, 0.2) is 23.9 Å². The summed E-state index contributed by atoms with van der Waals surface area (Å²) in [5.41, 5.74) is 0.310. The molecule has 0 spiro atoms. The molecule has 0 saturated heterocycles. The number of rotatable bonds is 1. The zero-order valence-electron chi connectivity index (χ0n) is 5.32. The molecule has 0 aromatic carbocycles. The highest BCUT2D eigenvalue weighted by atomic mass is 16.4. The van der Waals surface area contributed by atoms with Gasteiger partial charge in [0.05, 0.1) is 12.1 Å². The van der Waals surface area contributed by atoms with Gasteiger partial charge >= 0.3 is 5.97 Å². The van der Waals surface area contributed by atoms with E-state index in [2.05, 4.69) is 0 Å². The van der Waals surface area contributed by atoms with Gasteiger partial charge in [0.2, 0.25) is 0 Å². The van der Waals surface area contributed by atoms with Crippen LogP contribution in [0.25, 0.3) is 0 Å². The number of carboxylic acids is 1. The average molecular weight is 140 g/mol. The zero-order chi connectivity index (χ0) is 7.56. The van der Waals surface area contributed by atoms with Crippen LogP contribution in [0.2, 0.25) is 0 Å². The summed E-state index contributed by atoms with van der Waals surface area (Å²) in [5.74, 6) is 4.39. The van der Waals surface area contributed by atoms with E-state index in [1.54, 1.807) is 12.3 Å². The lowest BCUT2D eigenvalue weighted by molar-refractivity contribution is -0.132. The Hall–Kier alpha value is -1.29. The van der Waals surface area contributed by atoms with Crippen LogP contribution in [0.3, 0.4) is 0 Å². The molecule has 1 heterocycles. The normalized spacial score (nSPS) is 16.9. The Morgan fingerprint density at radius 3 is 2.90 bits per heavy atom. The number of hydrogen-bond donors (Lipinski definition) is 2. The van der Waals surface area contributed by atoms with Crippen molar-refractivity contribution in [2.45, 2.75) is 0 Å². The van der Waals surface area contributed by atoms with Gasteiger partial charge < -0.3 is 10.1 Å². The Morgan fingerprint density at radius 2 is 2.50 bits per heavy atom. The fourth-order valence-corrected chi connectivity index (χ4v) is 0.711. The molecule has 0 aliphatic carbocycles. The van der Waals surface area contributed by atoms with Gasteiger partial charge in [-0.1, -0.05) is 0 Å². The van der Waals surface area contributed by atoms with Gasteiger partial charge in [0.15, 0.2) is 0 Å². The van der Waals surface area contributed by atoms with Crippen LogP contribution in [-0.2, 0) is 4.79 Å². The third-order valence-electron chi connectivity index (χ3n) is 1.20. The van der Waals surface area contributed by atoms with Crippen molar-refractivity contribution in [3.8, 4) is 0 Å². The summed E-state index contributed by atoms with van der Waals surface area (Å²) >= 11 is 0. The van der Waals surface area contributed by atoms with Gasteiger partial charge in [-0.25, -0.2) is 10.6 Å². The van der Waals surface area contributed by atoms with Crippen LogP contribution in [0.4, 0.5) is 0 Å². The van der Waals surface area contributed by atoms with Crippen molar-refractivity contribution >= 4 is 5.97 Å². The molecule has 0 unspecified atom stereocenters. The van der Waals surface area contributed by atoms with Gasteiger partial charge in [-0.15, -0.1) is 0 Å². The summed E-state index contributed by atoms with van der Waals surface area (Å²) in [4.78, 5) is 10.3. The quantitative estimate of drug-likeness (QED) is 0.491. The summed E-state index contributed by atoms with van der Waals surface area (Å²) in [6.45, 7) is 0.270. The van der Waals surface area contributed by atoms with Crippen molar-refractivity contribution in [1.82, 2.24) is 5.01 Å². The lowest BCUT2D eigenvalue weighted by Gasteiger charge is -2.16. The Morgan fingerprint density at radius 1 is 1.80 bits per heavy atom. The average Bonchev–Trinajstić information content (AvgIpc) is 1.88. The van der Waals surface area contributed by atoms with E-state index in [0.717, 1.165) is 0 Å². The van der Waals surface area contributed by atoms with Crippen molar-refractivity contribution in [3.05, 3.63) is 23.9 Å². The molecule has 4 nitrogen and oxygen atoms in total. The molecule has 10 heavy (non-hydrogen) atoms. The van der Waals surface area contributed by atoms with Crippen LogP contribution in [0, 0.1) is 0 Å². The molecule has 0 aromatic heterocycles. The molecule has 3 N–H and O–H groups in total. The smallest absolute Gasteiger partial charge is 0.333 e. The summed E-state index contributed by atoms with van der Waals surface area (Å²) < 4.78 is 0. The van der Waals surface area contributed by atoms with Crippen molar-refractivity contribution in [2.24, 2.45) is 5.84 Å². The lowest BCUT2D eigenvalue weighted by Crippen LogP contribution is -2.30.